The molecular weight excluding hydrogens is 292 g/mol. The van der Waals surface area contributed by atoms with Gasteiger partial charge < -0.3 is 19.2 Å². The van der Waals surface area contributed by atoms with Crippen molar-refractivity contribution in [2.75, 3.05) is 7.11 Å². The highest BCUT2D eigenvalue weighted by Gasteiger charge is 2.10. The molecule has 2 aromatic heterocycles. The highest BCUT2D eigenvalue weighted by atomic mass is 16.5. The summed E-state index contributed by atoms with van der Waals surface area (Å²) in [6.07, 6.45) is 1.65. The molecule has 4 rings (SSSR count). The summed E-state index contributed by atoms with van der Waals surface area (Å²) in [6, 6.07) is 14.8. The molecule has 4 aromatic rings. The van der Waals surface area contributed by atoms with Crippen LogP contribution in [0.2, 0.25) is 0 Å². The summed E-state index contributed by atoms with van der Waals surface area (Å²) in [7, 11) is 1.52. The Kier molecular flexibility index (Phi) is 3.05. The molecular formula is C18H14N2O3. The molecule has 2 aromatic carbocycles. The van der Waals surface area contributed by atoms with E-state index in [0.717, 1.165) is 33.7 Å². The number of nitrogens with zero attached hydrogens (tertiary/aromatic N) is 1. The summed E-state index contributed by atoms with van der Waals surface area (Å²) in [6.45, 7) is 0. The van der Waals surface area contributed by atoms with Gasteiger partial charge in [0.2, 0.25) is 0 Å². The predicted octanol–water partition coefficient (Wildman–Crippen LogP) is 4.20. The van der Waals surface area contributed by atoms with Crippen LogP contribution in [0.15, 0.2) is 59.2 Å². The largest absolute Gasteiger partial charge is 0.504 e. The lowest BCUT2D eigenvalue weighted by atomic mass is 10.1. The van der Waals surface area contributed by atoms with Gasteiger partial charge in [0.15, 0.2) is 11.5 Å². The number of hydrogen-bond donors (Lipinski definition) is 2. The van der Waals surface area contributed by atoms with Crippen molar-refractivity contribution in [3.05, 3.63) is 54.8 Å². The number of hydrogen-bond acceptors (Lipinski definition) is 4. The molecule has 0 amide bonds. The van der Waals surface area contributed by atoms with Gasteiger partial charge in [-0.2, -0.15) is 0 Å². The van der Waals surface area contributed by atoms with Gasteiger partial charge in [0, 0.05) is 11.1 Å². The van der Waals surface area contributed by atoms with Crippen molar-refractivity contribution in [2.45, 2.75) is 0 Å². The van der Waals surface area contributed by atoms with E-state index < -0.39 is 0 Å². The average Bonchev–Trinajstić information content (AvgIpc) is 3.24. The molecule has 0 atom stereocenters. The molecule has 0 spiro atoms. The molecule has 0 aliphatic heterocycles. The van der Waals surface area contributed by atoms with Gasteiger partial charge in [-0.05, 0) is 48.5 Å². The fourth-order valence-corrected chi connectivity index (χ4v) is 2.57. The van der Waals surface area contributed by atoms with E-state index in [4.69, 9.17) is 9.15 Å². The normalized spacial score (nSPS) is 11.0. The highest BCUT2D eigenvalue weighted by molar-refractivity contribution is 5.84. The molecule has 0 bridgehead atoms. The number of fused-ring (bicyclic) bond motifs is 1. The van der Waals surface area contributed by atoms with E-state index in [-0.39, 0.29) is 5.75 Å². The zero-order chi connectivity index (χ0) is 15.8. The number of benzene rings is 2. The number of nitrogens with one attached hydrogen (secondary N) is 1. The lowest BCUT2D eigenvalue weighted by molar-refractivity contribution is 0.373. The summed E-state index contributed by atoms with van der Waals surface area (Å²) in [5, 5.41) is 9.70. The lowest BCUT2D eigenvalue weighted by Crippen LogP contribution is -1.86. The molecule has 0 saturated heterocycles. The second-order valence-corrected chi connectivity index (χ2v) is 5.18. The predicted molar refractivity (Wildman–Crippen MR) is 87.4 cm³/mol. The second-order valence-electron chi connectivity index (χ2n) is 5.18. The van der Waals surface area contributed by atoms with Crippen molar-refractivity contribution < 1.29 is 14.3 Å². The van der Waals surface area contributed by atoms with Gasteiger partial charge in [-0.15, -0.1) is 0 Å². The zero-order valence-electron chi connectivity index (χ0n) is 12.4. The van der Waals surface area contributed by atoms with E-state index in [1.807, 2.05) is 30.3 Å². The van der Waals surface area contributed by atoms with Gasteiger partial charge in [-0.3, -0.25) is 0 Å². The van der Waals surface area contributed by atoms with E-state index in [9.17, 15) is 5.11 Å². The second kappa shape index (κ2) is 5.21. The summed E-state index contributed by atoms with van der Waals surface area (Å²) in [5.41, 5.74) is 3.61. The van der Waals surface area contributed by atoms with Gasteiger partial charge in [0.1, 0.15) is 11.6 Å². The number of phenols is 1. The van der Waals surface area contributed by atoms with Crippen LogP contribution in [0, 0.1) is 0 Å². The van der Waals surface area contributed by atoms with Crippen LogP contribution in [-0.4, -0.2) is 22.2 Å². The van der Waals surface area contributed by atoms with Crippen LogP contribution < -0.4 is 4.74 Å². The van der Waals surface area contributed by atoms with E-state index >= 15 is 0 Å². The Morgan fingerprint density at radius 2 is 1.96 bits per heavy atom. The molecule has 0 saturated carbocycles. The van der Waals surface area contributed by atoms with Crippen LogP contribution in [0.1, 0.15) is 0 Å². The molecule has 2 heterocycles. The smallest absolute Gasteiger partial charge is 0.161 e. The first-order valence-corrected chi connectivity index (χ1v) is 7.15. The Balaban J connectivity index is 1.80. The molecule has 5 heteroatoms. The van der Waals surface area contributed by atoms with E-state index in [1.165, 1.54) is 7.11 Å². The number of H-pyrrole nitrogens is 1. The maximum absolute atomic E-state index is 9.70. The number of aromatic amines is 1. The summed E-state index contributed by atoms with van der Waals surface area (Å²) in [4.78, 5) is 7.88. The topological polar surface area (TPSA) is 71.3 Å². The van der Waals surface area contributed by atoms with Crippen molar-refractivity contribution in [3.8, 4) is 34.2 Å². The number of furan rings is 1. The van der Waals surface area contributed by atoms with Crippen molar-refractivity contribution >= 4 is 11.0 Å². The number of phenolic OH excluding ortho intramolecular Hbond substituents is 1. The van der Waals surface area contributed by atoms with Crippen LogP contribution in [-0.2, 0) is 0 Å². The minimum Gasteiger partial charge on any atom is -0.504 e. The first-order chi connectivity index (χ1) is 11.2. The Morgan fingerprint density at radius 3 is 2.74 bits per heavy atom. The summed E-state index contributed by atoms with van der Waals surface area (Å²) >= 11 is 0. The molecule has 0 unspecified atom stereocenters. The molecule has 0 aliphatic rings. The quantitative estimate of drug-likeness (QED) is 0.595. The molecule has 2 N–H and O–H groups in total. The highest BCUT2D eigenvalue weighted by Crippen LogP contribution is 2.32. The van der Waals surface area contributed by atoms with Gasteiger partial charge >= 0.3 is 0 Å². The number of rotatable bonds is 3. The van der Waals surface area contributed by atoms with Crippen LogP contribution in [0.25, 0.3) is 33.7 Å². The Morgan fingerprint density at radius 1 is 1.09 bits per heavy atom. The maximum Gasteiger partial charge on any atom is 0.161 e. The first-order valence-electron chi connectivity index (χ1n) is 7.15. The van der Waals surface area contributed by atoms with Gasteiger partial charge in [-0.25, -0.2) is 4.98 Å². The van der Waals surface area contributed by atoms with Crippen LogP contribution in [0.5, 0.6) is 11.5 Å². The third-order valence-electron chi connectivity index (χ3n) is 3.74. The standard InChI is InChI=1S/C18H14N2O3/c1-22-17-10-12(5-7-15(17)21)18-19-13-6-4-11(9-14(13)20-18)16-3-2-8-23-16/h2-10,21H,1H3,(H,19,20). The fourth-order valence-electron chi connectivity index (χ4n) is 2.57. The van der Waals surface area contributed by atoms with E-state index in [1.54, 1.807) is 24.5 Å². The van der Waals surface area contributed by atoms with E-state index in [0.29, 0.717) is 5.75 Å². The Labute approximate surface area is 132 Å². The number of aromatic hydroxyl groups is 1. The Hall–Kier alpha value is -3.21. The Bertz CT molecular complexity index is 971. The van der Waals surface area contributed by atoms with Crippen molar-refractivity contribution in [2.24, 2.45) is 0 Å². The monoisotopic (exact) mass is 306 g/mol. The summed E-state index contributed by atoms with van der Waals surface area (Å²) < 4.78 is 10.6. The minimum atomic E-state index is 0.104. The summed E-state index contributed by atoms with van der Waals surface area (Å²) in [5.74, 6) is 2.05. The minimum absolute atomic E-state index is 0.104. The van der Waals surface area contributed by atoms with Gasteiger partial charge in [-0.1, -0.05) is 0 Å². The lowest BCUT2D eigenvalue weighted by Gasteiger charge is -2.04. The van der Waals surface area contributed by atoms with Crippen LogP contribution >= 0.6 is 0 Å². The van der Waals surface area contributed by atoms with Gasteiger partial charge in [0.25, 0.3) is 0 Å². The van der Waals surface area contributed by atoms with Crippen molar-refractivity contribution in [1.29, 1.82) is 0 Å². The molecule has 0 fully saturated rings. The van der Waals surface area contributed by atoms with Crippen LogP contribution in [0.4, 0.5) is 0 Å². The maximum atomic E-state index is 9.70. The third kappa shape index (κ3) is 2.32. The van der Waals surface area contributed by atoms with Crippen molar-refractivity contribution in [3.63, 3.8) is 0 Å². The number of ether oxygens (including phenoxy) is 1. The molecule has 5 nitrogen and oxygen atoms in total. The van der Waals surface area contributed by atoms with Gasteiger partial charge in [0.05, 0.1) is 24.4 Å². The van der Waals surface area contributed by atoms with Crippen LogP contribution in [0.3, 0.4) is 0 Å². The zero-order valence-corrected chi connectivity index (χ0v) is 12.4. The van der Waals surface area contributed by atoms with E-state index in [2.05, 4.69) is 9.97 Å². The first kappa shape index (κ1) is 13.5. The number of methoxy groups -OCH3 is 1. The molecule has 114 valence electrons. The fraction of sp³-hybridized carbons (Fsp3) is 0.0556. The third-order valence-corrected chi connectivity index (χ3v) is 3.74. The number of imidazole rings is 1. The molecule has 0 aliphatic carbocycles. The molecule has 23 heavy (non-hydrogen) atoms. The molecule has 0 radical (unpaired) electrons. The van der Waals surface area contributed by atoms with Crippen molar-refractivity contribution in [1.82, 2.24) is 9.97 Å². The SMILES string of the molecule is COc1cc(-c2nc3ccc(-c4ccco4)cc3[nH]2)ccc1O. The average molecular weight is 306 g/mol. The number of aromatic nitrogens is 2.